The molecule has 2 rings (SSSR count). The zero-order valence-corrected chi connectivity index (χ0v) is 12.5. The Morgan fingerprint density at radius 2 is 2.06 bits per heavy atom. The molecule has 0 aromatic heterocycles. The Morgan fingerprint density at radius 1 is 1.35 bits per heavy atom. The maximum absolute atomic E-state index is 6.11. The van der Waals surface area contributed by atoms with Crippen molar-refractivity contribution in [2.75, 3.05) is 39.5 Å². The molecule has 0 aromatic carbocycles. The van der Waals surface area contributed by atoms with Crippen LogP contribution in [0.4, 0.5) is 0 Å². The molecule has 2 saturated heterocycles. The van der Waals surface area contributed by atoms with Crippen LogP contribution >= 0.6 is 11.8 Å². The molecule has 0 amide bonds. The summed E-state index contributed by atoms with van der Waals surface area (Å²) in [6, 6.07) is 0.694. The van der Waals surface area contributed by atoms with Crippen molar-refractivity contribution in [1.29, 1.82) is 0 Å². The average molecular weight is 257 g/mol. The van der Waals surface area contributed by atoms with Gasteiger partial charge in [-0.3, -0.25) is 4.90 Å². The molecule has 2 aliphatic rings. The third-order valence-corrected chi connectivity index (χ3v) is 6.03. The van der Waals surface area contributed by atoms with Crippen LogP contribution in [-0.2, 0) is 0 Å². The molecular formula is C13H27N3S. The lowest BCUT2D eigenvalue weighted by Gasteiger charge is -2.38. The second-order valence-electron chi connectivity index (χ2n) is 6.17. The molecule has 2 N–H and O–H groups in total. The van der Waals surface area contributed by atoms with Crippen LogP contribution in [0.1, 0.15) is 20.3 Å². The fourth-order valence-corrected chi connectivity index (χ4v) is 4.89. The van der Waals surface area contributed by atoms with Crippen LogP contribution in [0.5, 0.6) is 0 Å². The first kappa shape index (κ1) is 13.7. The van der Waals surface area contributed by atoms with E-state index in [9.17, 15) is 0 Å². The SMILES string of the molecule is CC1CC(CN)(N2CC(C)C(N(C)C)C2)CS1. The van der Waals surface area contributed by atoms with Gasteiger partial charge in [-0.2, -0.15) is 11.8 Å². The summed E-state index contributed by atoms with van der Waals surface area (Å²) in [5.74, 6) is 1.98. The van der Waals surface area contributed by atoms with Crippen LogP contribution in [0.3, 0.4) is 0 Å². The summed E-state index contributed by atoms with van der Waals surface area (Å²) in [6.07, 6.45) is 1.26. The smallest absolute Gasteiger partial charge is 0.0433 e. The largest absolute Gasteiger partial charge is 0.329 e. The van der Waals surface area contributed by atoms with Crippen molar-refractivity contribution in [2.45, 2.75) is 37.1 Å². The second-order valence-corrected chi connectivity index (χ2v) is 7.59. The summed E-state index contributed by atoms with van der Waals surface area (Å²) in [4.78, 5) is 5.05. The number of hydrogen-bond acceptors (Lipinski definition) is 4. The first-order chi connectivity index (χ1) is 7.98. The topological polar surface area (TPSA) is 32.5 Å². The van der Waals surface area contributed by atoms with Crippen molar-refractivity contribution >= 4 is 11.8 Å². The van der Waals surface area contributed by atoms with Gasteiger partial charge in [0.25, 0.3) is 0 Å². The van der Waals surface area contributed by atoms with Gasteiger partial charge in [0.05, 0.1) is 0 Å². The van der Waals surface area contributed by atoms with Gasteiger partial charge in [-0.1, -0.05) is 13.8 Å². The standard InChI is InChI=1S/C13H27N3S/c1-10-6-16(7-12(10)15(3)4)13(8-14)5-11(2)17-9-13/h10-12H,5-9,14H2,1-4H3. The molecule has 3 nitrogen and oxygen atoms in total. The molecule has 4 atom stereocenters. The van der Waals surface area contributed by atoms with E-state index in [-0.39, 0.29) is 5.54 Å². The van der Waals surface area contributed by atoms with Crippen LogP contribution in [-0.4, -0.2) is 66.1 Å². The van der Waals surface area contributed by atoms with Gasteiger partial charge in [-0.25, -0.2) is 0 Å². The number of hydrogen-bond donors (Lipinski definition) is 1. The second kappa shape index (κ2) is 5.08. The summed E-state index contributed by atoms with van der Waals surface area (Å²) in [6.45, 7) is 7.94. The average Bonchev–Trinajstić information content (AvgIpc) is 2.83. The van der Waals surface area contributed by atoms with E-state index in [0.29, 0.717) is 6.04 Å². The maximum atomic E-state index is 6.11. The quantitative estimate of drug-likeness (QED) is 0.820. The molecule has 2 fully saturated rings. The Morgan fingerprint density at radius 3 is 2.47 bits per heavy atom. The monoisotopic (exact) mass is 257 g/mol. The molecule has 0 radical (unpaired) electrons. The van der Waals surface area contributed by atoms with Gasteiger partial charge in [-0.15, -0.1) is 0 Å². The summed E-state index contributed by atoms with van der Waals surface area (Å²) in [7, 11) is 4.40. The van der Waals surface area contributed by atoms with Crippen molar-refractivity contribution in [3.8, 4) is 0 Å². The van der Waals surface area contributed by atoms with E-state index in [1.54, 1.807) is 0 Å². The number of rotatable bonds is 3. The lowest BCUT2D eigenvalue weighted by Crippen LogP contribution is -2.54. The molecule has 4 unspecified atom stereocenters. The summed E-state index contributed by atoms with van der Waals surface area (Å²) >= 11 is 2.09. The van der Waals surface area contributed by atoms with E-state index in [0.717, 1.165) is 17.7 Å². The van der Waals surface area contributed by atoms with Crippen LogP contribution in [0.2, 0.25) is 0 Å². The van der Waals surface area contributed by atoms with Gasteiger partial charge >= 0.3 is 0 Å². The normalized spacial score (nSPS) is 43.8. The molecule has 100 valence electrons. The summed E-state index contributed by atoms with van der Waals surface area (Å²) in [5, 5.41) is 0.771. The minimum Gasteiger partial charge on any atom is -0.329 e. The molecule has 0 saturated carbocycles. The first-order valence-electron chi connectivity index (χ1n) is 6.71. The van der Waals surface area contributed by atoms with E-state index in [1.807, 2.05) is 0 Å². The Balaban J connectivity index is 2.08. The predicted octanol–water partition coefficient (Wildman–Crippen LogP) is 1.09. The molecule has 0 spiro atoms. The molecular weight excluding hydrogens is 230 g/mol. The molecule has 0 bridgehead atoms. The van der Waals surface area contributed by atoms with Gasteiger partial charge in [0.15, 0.2) is 0 Å². The van der Waals surface area contributed by atoms with Gasteiger partial charge in [-0.05, 0) is 26.4 Å². The van der Waals surface area contributed by atoms with Crippen molar-refractivity contribution in [3.05, 3.63) is 0 Å². The van der Waals surface area contributed by atoms with E-state index >= 15 is 0 Å². The van der Waals surface area contributed by atoms with Crippen LogP contribution < -0.4 is 5.73 Å². The highest BCUT2D eigenvalue weighted by molar-refractivity contribution is 8.00. The van der Waals surface area contributed by atoms with Gasteiger partial charge in [0.1, 0.15) is 0 Å². The lowest BCUT2D eigenvalue weighted by molar-refractivity contribution is 0.133. The summed E-state index contributed by atoms with van der Waals surface area (Å²) < 4.78 is 0. The van der Waals surface area contributed by atoms with Gasteiger partial charge < -0.3 is 10.6 Å². The molecule has 17 heavy (non-hydrogen) atoms. The van der Waals surface area contributed by atoms with Crippen molar-refractivity contribution < 1.29 is 0 Å². The number of nitrogens with two attached hydrogens (primary N) is 1. The first-order valence-corrected chi connectivity index (χ1v) is 7.76. The predicted molar refractivity (Wildman–Crippen MR) is 76.5 cm³/mol. The van der Waals surface area contributed by atoms with E-state index in [1.165, 1.54) is 25.3 Å². The zero-order valence-electron chi connectivity index (χ0n) is 11.6. The van der Waals surface area contributed by atoms with Crippen LogP contribution in [0.15, 0.2) is 0 Å². The van der Waals surface area contributed by atoms with E-state index in [2.05, 4.69) is 49.5 Å². The van der Waals surface area contributed by atoms with Crippen LogP contribution in [0.25, 0.3) is 0 Å². The lowest BCUT2D eigenvalue weighted by atomic mass is 9.94. The summed E-state index contributed by atoms with van der Waals surface area (Å²) in [5.41, 5.74) is 6.39. The highest BCUT2D eigenvalue weighted by atomic mass is 32.2. The maximum Gasteiger partial charge on any atom is 0.0433 e. The minimum atomic E-state index is 0.281. The van der Waals surface area contributed by atoms with Crippen molar-refractivity contribution in [1.82, 2.24) is 9.80 Å². The zero-order chi connectivity index (χ0) is 12.6. The molecule has 4 heteroatoms. The van der Waals surface area contributed by atoms with Crippen molar-refractivity contribution in [3.63, 3.8) is 0 Å². The fraction of sp³-hybridized carbons (Fsp3) is 1.00. The third-order valence-electron chi connectivity index (χ3n) is 4.59. The number of thioether (sulfide) groups is 1. The van der Waals surface area contributed by atoms with E-state index in [4.69, 9.17) is 5.73 Å². The Kier molecular flexibility index (Phi) is 4.08. The van der Waals surface area contributed by atoms with Gasteiger partial charge in [0, 0.05) is 42.2 Å². The Labute approximate surface area is 110 Å². The fourth-order valence-electron chi connectivity index (χ4n) is 3.45. The molecule has 2 aliphatic heterocycles. The van der Waals surface area contributed by atoms with E-state index < -0.39 is 0 Å². The Bertz CT molecular complexity index is 271. The van der Waals surface area contributed by atoms with Crippen molar-refractivity contribution in [2.24, 2.45) is 11.7 Å². The Hall–Kier alpha value is 0.230. The number of nitrogens with zero attached hydrogens (tertiary/aromatic N) is 2. The van der Waals surface area contributed by atoms with Gasteiger partial charge in [0.2, 0.25) is 0 Å². The molecule has 0 aromatic rings. The highest BCUT2D eigenvalue weighted by Gasteiger charge is 2.46. The minimum absolute atomic E-state index is 0.281. The highest BCUT2D eigenvalue weighted by Crippen LogP contribution is 2.40. The third kappa shape index (κ3) is 2.50. The molecule has 2 heterocycles. The molecule has 0 aliphatic carbocycles. The van der Waals surface area contributed by atoms with Crippen LogP contribution in [0, 0.1) is 5.92 Å². The number of likely N-dealkylation sites (tertiary alicyclic amines) is 1. The number of likely N-dealkylation sites (N-methyl/N-ethyl adjacent to an activating group) is 1.